The molecule has 4 N–H and O–H groups in total. The van der Waals surface area contributed by atoms with Crippen molar-refractivity contribution in [2.45, 2.75) is 179 Å². The molecule has 0 radical (unpaired) electrons. The molecular weight excluding hydrogens is 1760 g/mol. The van der Waals surface area contributed by atoms with E-state index in [1.807, 2.05) is 146 Å². The first-order valence-corrected chi connectivity index (χ1v) is 48.6. The first-order valence-electron chi connectivity index (χ1n) is 47.0. The Labute approximate surface area is 805 Å². The van der Waals surface area contributed by atoms with Crippen molar-refractivity contribution in [3.63, 3.8) is 0 Å². The smallest absolute Gasteiger partial charge is 0.226 e. The first-order chi connectivity index (χ1) is 66.2. The SMILES string of the molecule is CC(C)Oc1ccc(-c2ccc(-c3cccc4c3CCC43CC(=O)N(CCO)C3)s2)cc1C#N.CC(C)Oc1ccc(-c2ncc(-c3cccc4c3CCC43CC(=O)N(CCO)C3)cn2)cc1C#N.CC(C)Oc1ccc(-c2ncc(-c3cccc4c3CCC43CC(=O)N(CCO)C3)o2)cc1C#N.CC(C)Oc1ccc(-c2ncc(-c3cccc4c3CCC43CC(=O)N(CCO)C3)s2)cc1C#N. The van der Waals surface area contributed by atoms with Crippen molar-refractivity contribution >= 4 is 46.3 Å². The first kappa shape index (κ1) is 95.0. The van der Waals surface area contributed by atoms with Crippen molar-refractivity contribution in [2.24, 2.45) is 0 Å². The summed E-state index contributed by atoms with van der Waals surface area (Å²) < 4.78 is 29.1. The van der Waals surface area contributed by atoms with Gasteiger partial charge in [0, 0.05) is 156 Å². The van der Waals surface area contributed by atoms with Crippen molar-refractivity contribution in [3.05, 3.63) is 249 Å². The van der Waals surface area contributed by atoms with Gasteiger partial charge in [-0.05, 0) is 258 Å². The summed E-state index contributed by atoms with van der Waals surface area (Å²) in [6, 6.07) is 60.6. The minimum absolute atomic E-state index is 0.00114. The van der Waals surface area contributed by atoms with Gasteiger partial charge in [-0.1, -0.05) is 72.8 Å². The predicted octanol–water partition coefficient (Wildman–Crippen LogP) is 17.6. The van der Waals surface area contributed by atoms with Gasteiger partial charge in [-0.15, -0.1) is 22.7 Å². The summed E-state index contributed by atoms with van der Waals surface area (Å²) in [6.07, 6.45) is 16.6. The third kappa shape index (κ3) is 19.2. The number of rotatable bonds is 24. The van der Waals surface area contributed by atoms with Gasteiger partial charge < -0.3 is 63.4 Å². The molecule has 25 nitrogen and oxygen atoms in total. The minimum atomic E-state index is -0.200. The number of β-amino-alcohol motifs (C(OH)–C–C–N with tert-alkyl or cyclic N) is 4. The molecule has 27 heteroatoms. The maximum Gasteiger partial charge on any atom is 0.226 e. The van der Waals surface area contributed by atoms with Crippen LogP contribution in [0.2, 0.25) is 0 Å². The number of nitriles is 4. The van der Waals surface area contributed by atoms with E-state index in [0.717, 1.165) is 99.5 Å². The summed E-state index contributed by atoms with van der Waals surface area (Å²) in [4.78, 5) is 79.1. The highest BCUT2D eigenvalue weighted by Gasteiger charge is 2.53. The average Bonchev–Trinajstić information content (AvgIpc) is 1.59. The molecule has 8 aliphatic rings. The largest absolute Gasteiger partial charge is 0.490 e. The molecule has 4 spiro atoms. The van der Waals surface area contributed by atoms with Crippen molar-refractivity contribution in [1.29, 1.82) is 21.0 Å². The number of nitrogens with zero attached hydrogens (tertiary/aromatic N) is 12. The second-order valence-electron chi connectivity index (χ2n) is 37.8. The Morgan fingerprint density at radius 2 is 0.708 bits per heavy atom. The van der Waals surface area contributed by atoms with Gasteiger partial charge in [-0.2, -0.15) is 21.0 Å². The van der Waals surface area contributed by atoms with Crippen LogP contribution in [0.4, 0.5) is 0 Å². The number of fused-ring (bicyclic) bond motifs is 8. The highest BCUT2D eigenvalue weighted by Crippen LogP contribution is 2.55. The van der Waals surface area contributed by atoms with Crippen LogP contribution in [0.3, 0.4) is 0 Å². The van der Waals surface area contributed by atoms with Crippen LogP contribution in [0, 0.1) is 45.3 Å². The van der Waals surface area contributed by atoms with Crippen LogP contribution in [0.25, 0.3) is 87.2 Å². The number of thiazole rings is 1. The fraction of sp³-hybridized carbons (Fsp3) is 0.364. The summed E-state index contributed by atoms with van der Waals surface area (Å²) in [6.45, 7) is 19.7. The van der Waals surface area contributed by atoms with Gasteiger partial charge >= 0.3 is 0 Å². The molecule has 4 unspecified atom stereocenters. The quantitative estimate of drug-likeness (QED) is 0.0436. The Balaban J connectivity index is 0.000000127. The number of likely N-dealkylation sites (tertiary alicyclic amines) is 4. The highest BCUT2D eigenvalue weighted by molar-refractivity contribution is 7.19. The van der Waals surface area contributed by atoms with Gasteiger partial charge in [0.2, 0.25) is 29.5 Å². The molecule has 700 valence electrons. The van der Waals surface area contributed by atoms with Gasteiger partial charge in [0.15, 0.2) is 11.6 Å². The van der Waals surface area contributed by atoms with Gasteiger partial charge in [-0.25, -0.2) is 19.9 Å². The second-order valence-corrected chi connectivity index (χ2v) is 39.9. The van der Waals surface area contributed by atoms with Crippen LogP contribution in [0.1, 0.15) is 174 Å². The van der Waals surface area contributed by atoms with Crippen molar-refractivity contribution in [3.8, 4) is 134 Å². The van der Waals surface area contributed by atoms with E-state index in [1.165, 1.54) is 60.5 Å². The Bertz CT molecular complexity index is 6320. The molecule has 20 rings (SSSR count). The molecule has 4 aliphatic carbocycles. The molecule has 137 heavy (non-hydrogen) atoms. The number of hydrogen-bond acceptors (Lipinski definition) is 23. The maximum absolute atomic E-state index is 12.6. The van der Waals surface area contributed by atoms with Crippen LogP contribution in [0.5, 0.6) is 23.0 Å². The zero-order valence-electron chi connectivity index (χ0n) is 78.2. The fourth-order valence-electron chi connectivity index (χ4n) is 21.5. The lowest BCUT2D eigenvalue weighted by atomic mass is 9.80. The number of hydrogen-bond donors (Lipinski definition) is 4. The Morgan fingerprint density at radius 1 is 0.365 bits per heavy atom. The molecule has 12 aromatic rings. The molecular formula is C110H110N12O13S2. The molecule has 4 amide bonds. The highest BCUT2D eigenvalue weighted by atomic mass is 32.1. The fourth-order valence-corrected chi connectivity index (χ4v) is 23.5. The molecule has 8 aromatic carbocycles. The number of amides is 4. The number of carbonyl (C=O) groups excluding carboxylic acids is 4. The summed E-state index contributed by atoms with van der Waals surface area (Å²) in [5.74, 6) is 4.45. The van der Waals surface area contributed by atoms with E-state index >= 15 is 0 Å². The monoisotopic (exact) mass is 1870 g/mol. The number of aromatic nitrogens is 4. The molecule has 0 saturated carbocycles. The van der Waals surface area contributed by atoms with Gasteiger partial charge in [0.25, 0.3) is 0 Å². The summed E-state index contributed by atoms with van der Waals surface area (Å²) in [5.41, 5.74) is 20.1. The molecule has 4 aromatic heterocycles. The third-order valence-corrected chi connectivity index (χ3v) is 29.7. The molecule has 4 fully saturated rings. The third-order valence-electron chi connectivity index (χ3n) is 27.5. The minimum Gasteiger partial charge on any atom is -0.490 e. The van der Waals surface area contributed by atoms with E-state index in [0.29, 0.717) is 146 Å². The van der Waals surface area contributed by atoms with Gasteiger partial charge in [0.05, 0.1) is 84.2 Å². The number of ether oxygens (including phenoxy) is 4. The van der Waals surface area contributed by atoms with Crippen LogP contribution in [-0.2, 0) is 66.5 Å². The molecule has 8 heterocycles. The normalized spacial score (nSPS) is 19.1. The van der Waals surface area contributed by atoms with Crippen LogP contribution in [-0.4, -0.2) is 187 Å². The number of thiophene rings is 1. The standard InChI is InChI=1S/C28H28N4O3.C28H28N2O3S.C27H27N3O4.C27H27N3O3S/c1-18(2)35-25-7-6-19(12-20(25)14-29)27-30-15-21(16-31-27)22-4-3-5-24-23(22)8-9-28(24)13-26(34)32(17-28)10-11-33;1-18(2)33-24-7-6-19(14-20(24)16-29)25-8-9-26(34-25)22-4-3-5-23-21(22)10-11-28(23)15-27(32)30(17-28)12-13-31;2*1-17(2)33-23-7-6-18(12-19(23)14-28)26-29-15-24(34-26)21-4-3-5-22-20(21)8-9-27(22)13-25(32)30(16-27)10-11-31/h3-7,12,15-16,18,33H,8-11,13,17H2,1-2H3;3-9,14,18,31H,10-13,15,17H2,1-2H3;2*3-7,12,15,17,31H,8-11,13,16H2,1-2H3. The second kappa shape index (κ2) is 40.3. The van der Waals surface area contributed by atoms with Crippen molar-refractivity contribution in [2.75, 3.05) is 78.8 Å². The maximum atomic E-state index is 12.6. The van der Waals surface area contributed by atoms with Crippen molar-refractivity contribution < 1.29 is 63.0 Å². The van der Waals surface area contributed by atoms with Crippen molar-refractivity contribution in [1.82, 2.24) is 39.5 Å². The van der Waals surface area contributed by atoms with E-state index in [1.54, 1.807) is 67.8 Å². The van der Waals surface area contributed by atoms with Crippen LogP contribution >= 0.6 is 22.7 Å². The molecule has 4 saturated heterocycles. The Kier molecular flexibility index (Phi) is 27.9. The average molecular weight is 1870 g/mol. The van der Waals surface area contributed by atoms with E-state index in [-0.39, 0.29) is 96.1 Å². The lowest BCUT2D eigenvalue weighted by Crippen LogP contribution is -2.32. The number of carbonyl (C=O) groups is 4. The predicted molar refractivity (Wildman–Crippen MR) is 523 cm³/mol. The Morgan fingerprint density at radius 3 is 1.12 bits per heavy atom. The zero-order chi connectivity index (χ0) is 96.2. The van der Waals surface area contributed by atoms with Crippen LogP contribution < -0.4 is 18.9 Å². The number of aliphatic hydroxyl groups excluding tert-OH is 4. The molecule has 4 atom stereocenters. The van der Waals surface area contributed by atoms with Gasteiger partial charge in [-0.3, -0.25) is 19.2 Å². The topological polar surface area (TPSA) is 359 Å². The summed E-state index contributed by atoms with van der Waals surface area (Å²) in [5, 5.41) is 76.4. The number of aliphatic hydroxyl groups is 4. The zero-order valence-corrected chi connectivity index (χ0v) is 79.9. The number of benzene rings is 8. The molecule has 0 bridgehead atoms. The van der Waals surface area contributed by atoms with Crippen LogP contribution in [0.15, 0.2) is 187 Å². The Hall–Kier alpha value is -13.7. The summed E-state index contributed by atoms with van der Waals surface area (Å²) >= 11 is 3.34. The van der Waals surface area contributed by atoms with E-state index in [2.05, 4.69) is 111 Å². The lowest BCUT2D eigenvalue weighted by molar-refractivity contribution is -0.128. The van der Waals surface area contributed by atoms with E-state index < -0.39 is 0 Å². The molecule has 4 aliphatic heterocycles. The summed E-state index contributed by atoms with van der Waals surface area (Å²) in [7, 11) is 0. The van der Waals surface area contributed by atoms with Gasteiger partial charge in [0.1, 0.15) is 52.3 Å². The van der Waals surface area contributed by atoms with E-state index in [4.69, 9.17) is 23.4 Å². The van der Waals surface area contributed by atoms with E-state index in [9.17, 15) is 60.7 Å². The number of oxazole rings is 1. The lowest BCUT2D eigenvalue weighted by Gasteiger charge is -2.25.